The van der Waals surface area contributed by atoms with E-state index in [0.29, 0.717) is 16.1 Å². The Morgan fingerprint density at radius 3 is 2.32 bits per heavy atom. The second kappa shape index (κ2) is 7.77. The summed E-state index contributed by atoms with van der Waals surface area (Å²) in [6.07, 6.45) is 0. The molecule has 1 atom stereocenters. The molecule has 4 nitrogen and oxygen atoms in total. The van der Waals surface area contributed by atoms with Crippen molar-refractivity contribution >= 4 is 28.8 Å². The highest BCUT2D eigenvalue weighted by molar-refractivity contribution is 7.12. The first-order valence-corrected chi connectivity index (χ1v) is 8.83. The van der Waals surface area contributed by atoms with Crippen LogP contribution in [-0.2, 0) is 0 Å². The topological polar surface area (TPSA) is 58.2 Å². The molecule has 1 heterocycles. The number of thiophene rings is 1. The highest BCUT2D eigenvalue weighted by atomic mass is 32.1. The molecule has 0 radical (unpaired) electrons. The first kappa shape index (κ1) is 16.9. The van der Waals surface area contributed by atoms with E-state index in [1.54, 1.807) is 30.3 Å². The minimum atomic E-state index is -0.224. The minimum Gasteiger partial charge on any atom is -0.345 e. The van der Waals surface area contributed by atoms with Crippen LogP contribution in [-0.4, -0.2) is 11.8 Å². The summed E-state index contributed by atoms with van der Waals surface area (Å²) in [7, 11) is 0. The number of amides is 2. The number of hydrogen-bond donors (Lipinski definition) is 2. The minimum absolute atomic E-state index is 0.130. The fourth-order valence-electron chi connectivity index (χ4n) is 2.48. The lowest BCUT2D eigenvalue weighted by Gasteiger charge is -2.16. The number of benzene rings is 2. The summed E-state index contributed by atoms with van der Waals surface area (Å²) >= 11 is 1.36. The Kier molecular flexibility index (Phi) is 5.26. The van der Waals surface area contributed by atoms with Crippen LogP contribution in [0.1, 0.15) is 38.6 Å². The molecule has 0 unspecified atom stereocenters. The van der Waals surface area contributed by atoms with Crippen LogP contribution in [0.5, 0.6) is 0 Å². The fourth-order valence-corrected chi connectivity index (χ4v) is 3.10. The standard InChI is InChI=1S/C20H18N2O2S/c1-14(15-8-3-2-4-9-15)21-19(23)16-10-5-6-11-17(16)22-20(24)18-12-7-13-25-18/h2-14H,1H3,(H,21,23)(H,22,24)/t14-/m1/s1. The van der Waals surface area contributed by atoms with Crippen LogP contribution in [0.25, 0.3) is 0 Å². The Morgan fingerprint density at radius 2 is 1.60 bits per heavy atom. The molecule has 0 fully saturated rings. The average molecular weight is 350 g/mol. The largest absolute Gasteiger partial charge is 0.345 e. The Hall–Kier alpha value is -2.92. The summed E-state index contributed by atoms with van der Waals surface area (Å²) in [5.74, 6) is -0.440. The molecule has 5 heteroatoms. The third-order valence-corrected chi connectivity index (χ3v) is 4.68. The number of carbonyl (C=O) groups excluding carboxylic acids is 2. The molecule has 0 saturated heterocycles. The van der Waals surface area contributed by atoms with Gasteiger partial charge in [-0.3, -0.25) is 9.59 Å². The number of nitrogens with one attached hydrogen (secondary N) is 2. The van der Waals surface area contributed by atoms with Crippen LogP contribution in [0.15, 0.2) is 72.1 Å². The van der Waals surface area contributed by atoms with Gasteiger partial charge in [-0.05, 0) is 36.1 Å². The molecule has 0 spiro atoms. The highest BCUT2D eigenvalue weighted by Gasteiger charge is 2.16. The summed E-state index contributed by atoms with van der Waals surface area (Å²) in [4.78, 5) is 25.5. The van der Waals surface area contributed by atoms with Crippen LogP contribution in [0, 0.1) is 0 Å². The van der Waals surface area contributed by atoms with Gasteiger partial charge in [0.2, 0.25) is 0 Å². The molecule has 0 aliphatic rings. The number of hydrogen-bond acceptors (Lipinski definition) is 3. The van der Waals surface area contributed by atoms with Crippen molar-refractivity contribution in [3.63, 3.8) is 0 Å². The average Bonchev–Trinajstić information content (AvgIpc) is 3.17. The molecule has 126 valence electrons. The normalized spacial score (nSPS) is 11.6. The maximum Gasteiger partial charge on any atom is 0.265 e. The number of carbonyl (C=O) groups is 2. The molecule has 0 aliphatic carbocycles. The summed E-state index contributed by atoms with van der Waals surface area (Å²) < 4.78 is 0. The van der Waals surface area contributed by atoms with Crippen LogP contribution in [0.4, 0.5) is 5.69 Å². The third kappa shape index (κ3) is 4.14. The SMILES string of the molecule is C[C@@H](NC(=O)c1ccccc1NC(=O)c1cccs1)c1ccccc1. The van der Waals surface area contributed by atoms with Crippen LogP contribution in [0.2, 0.25) is 0 Å². The van der Waals surface area contributed by atoms with Crippen molar-refractivity contribution in [1.29, 1.82) is 0 Å². The molecule has 0 aliphatic heterocycles. The van der Waals surface area contributed by atoms with Crippen molar-refractivity contribution in [3.05, 3.63) is 88.1 Å². The molecule has 2 amide bonds. The van der Waals surface area contributed by atoms with E-state index in [-0.39, 0.29) is 17.9 Å². The second-order valence-electron chi connectivity index (χ2n) is 5.58. The quantitative estimate of drug-likeness (QED) is 0.712. The van der Waals surface area contributed by atoms with Gasteiger partial charge in [0.1, 0.15) is 0 Å². The smallest absolute Gasteiger partial charge is 0.265 e. The Balaban J connectivity index is 1.76. The van der Waals surface area contributed by atoms with Gasteiger partial charge in [-0.25, -0.2) is 0 Å². The molecule has 0 bridgehead atoms. The molecule has 2 N–H and O–H groups in total. The van der Waals surface area contributed by atoms with Gasteiger partial charge in [0.25, 0.3) is 11.8 Å². The Bertz CT molecular complexity index is 860. The van der Waals surface area contributed by atoms with E-state index in [1.807, 2.05) is 48.7 Å². The Morgan fingerprint density at radius 1 is 0.880 bits per heavy atom. The Labute approximate surface area is 150 Å². The van der Waals surface area contributed by atoms with Gasteiger partial charge in [-0.15, -0.1) is 11.3 Å². The maximum absolute atomic E-state index is 12.7. The van der Waals surface area contributed by atoms with Crippen LogP contribution < -0.4 is 10.6 Å². The zero-order chi connectivity index (χ0) is 17.6. The summed E-state index contributed by atoms with van der Waals surface area (Å²) in [5, 5.41) is 7.63. The zero-order valence-electron chi connectivity index (χ0n) is 13.7. The van der Waals surface area contributed by atoms with Crippen molar-refractivity contribution < 1.29 is 9.59 Å². The van der Waals surface area contributed by atoms with Gasteiger partial charge in [-0.2, -0.15) is 0 Å². The molecule has 2 aromatic carbocycles. The molecule has 3 rings (SSSR count). The molecular formula is C20H18N2O2S. The van der Waals surface area contributed by atoms with Gasteiger partial charge >= 0.3 is 0 Å². The molecule has 3 aromatic rings. The molecule has 1 aromatic heterocycles. The van der Waals surface area contributed by atoms with E-state index in [0.717, 1.165) is 5.56 Å². The van der Waals surface area contributed by atoms with Crippen molar-refractivity contribution in [2.75, 3.05) is 5.32 Å². The van der Waals surface area contributed by atoms with E-state index >= 15 is 0 Å². The lowest BCUT2D eigenvalue weighted by Crippen LogP contribution is -2.27. The van der Waals surface area contributed by atoms with Gasteiger partial charge < -0.3 is 10.6 Å². The summed E-state index contributed by atoms with van der Waals surface area (Å²) in [6, 6.07) is 20.2. The van der Waals surface area contributed by atoms with Gasteiger partial charge in [0.15, 0.2) is 0 Å². The van der Waals surface area contributed by atoms with Crippen molar-refractivity contribution in [2.24, 2.45) is 0 Å². The third-order valence-electron chi connectivity index (χ3n) is 3.81. The fraction of sp³-hybridized carbons (Fsp3) is 0.100. The van der Waals surface area contributed by atoms with Gasteiger partial charge in [0.05, 0.1) is 22.2 Å². The summed E-state index contributed by atoms with van der Waals surface area (Å²) in [5.41, 5.74) is 1.96. The van der Waals surface area contributed by atoms with Gasteiger partial charge in [-0.1, -0.05) is 48.5 Å². The van der Waals surface area contributed by atoms with Crippen molar-refractivity contribution in [3.8, 4) is 0 Å². The molecular weight excluding hydrogens is 332 g/mol. The maximum atomic E-state index is 12.7. The first-order valence-electron chi connectivity index (χ1n) is 7.95. The van der Waals surface area contributed by atoms with Crippen molar-refractivity contribution in [1.82, 2.24) is 5.32 Å². The van der Waals surface area contributed by atoms with E-state index in [4.69, 9.17) is 0 Å². The second-order valence-corrected chi connectivity index (χ2v) is 6.53. The zero-order valence-corrected chi connectivity index (χ0v) is 14.5. The summed E-state index contributed by atoms with van der Waals surface area (Å²) in [6.45, 7) is 1.93. The van der Waals surface area contributed by atoms with Crippen LogP contribution >= 0.6 is 11.3 Å². The van der Waals surface area contributed by atoms with E-state index in [1.165, 1.54) is 11.3 Å². The van der Waals surface area contributed by atoms with E-state index in [2.05, 4.69) is 10.6 Å². The van der Waals surface area contributed by atoms with E-state index in [9.17, 15) is 9.59 Å². The molecule has 0 saturated carbocycles. The van der Waals surface area contributed by atoms with Gasteiger partial charge in [0, 0.05) is 0 Å². The monoisotopic (exact) mass is 350 g/mol. The van der Waals surface area contributed by atoms with Crippen molar-refractivity contribution in [2.45, 2.75) is 13.0 Å². The predicted molar refractivity (Wildman–Crippen MR) is 101 cm³/mol. The number of para-hydroxylation sites is 1. The number of anilines is 1. The lowest BCUT2D eigenvalue weighted by molar-refractivity contribution is 0.0941. The molecule has 25 heavy (non-hydrogen) atoms. The predicted octanol–water partition coefficient (Wildman–Crippen LogP) is 4.49. The highest BCUT2D eigenvalue weighted by Crippen LogP contribution is 2.19. The van der Waals surface area contributed by atoms with E-state index < -0.39 is 0 Å². The van der Waals surface area contributed by atoms with Crippen LogP contribution in [0.3, 0.4) is 0 Å². The number of rotatable bonds is 5. The first-order chi connectivity index (χ1) is 12.1. The lowest BCUT2D eigenvalue weighted by atomic mass is 10.1.